The summed E-state index contributed by atoms with van der Waals surface area (Å²) in [6, 6.07) is 9.94. The Labute approximate surface area is 108 Å². The van der Waals surface area contributed by atoms with Crippen molar-refractivity contribution in [3.63, 3.8) is 0 Å². The third-order valence-corrected chi connectivity index (χ3v) is 3.25. The molecule has 0 spiro atoms. The lowest BCUT2D eigenvalue weighted by Crippen LogP contribution is -2.28. The van der Waals surface area contributed by atoms with E-state index < -0.39 is 0 Å². The molecule has 0 unspecified atom stereocenters. The summed E-state index contributed by atoms with van der Waals surface area (Å²) in [4.78, 5) is 2.36. The van der Waals surface area contributed by atoms with Crippen LogP contribution in [0.3, 0.4) is 0 Å². The topological polar surface area (TPSA) is 50.8 Å². The minimum absolute atomic E-state index is 0.151. The Morgan fingerprint density at radius 1 is 1.39 bits per heavy atom. The number of anilines is 1. The van der Waals surface area contributed by atoms with E-state index in [1.54, 1.807) is 6.08 Å². The zero-order valence-corrected chi connectivity index (χ0v) is 10.5. The predicted octanol–water partition coefficient (Wildman–Crippen LogP) is 2.89. The minimum Gasteiger partial charge on any atom is -0.372 e. The molecule has 0 amide bonds. The number of rotatable bonds is 2. The second-order valence-corrected chi connectivity index (χ2v) is 4.35. The fourth-order valence-corrected chi connectivity index (χ4v) is 2.37. The van der Waals surface area contributed by atoms with Gasteiger partial charge < -0.3 is 4.90 Å². The number of hydrogen-bond donors (Lipinski definition) is 0. The molecule has 3 nitrogen and oxygen atoms in total. The molecule has 1 aromatic rings. The van der Waals surface area contributed by atoms with Crippen molar-refractivity contribution in [2.45, 2.75) is 19.8 Å². The van der Waals surface area contributed by atoms with E-state index in [4.69, 9.17) is 10.5 Å². The van der Waals surface area contributed by atoms with E-state index in [-0.39, 0.29) is 5.57 Å². The highest BCUT2D eigenvalue weighted by Crippen LogP contribution is 2.28. The van der Waals surface area contributed by atoms with Gasteiger partial charge in [0.25, 0.3) is 0 Å². The van der Waals surface area contributed by atoms with Crippen LogP contribution in [0, 0.1) is 22.7 Å². The summed E-state index contributed by atoms with van der Waals surface area (Å²) in [6.07, 6.45) is 3.88. The van der Waals surface area contributed by atoms with Crippen molar-refractivity contribution in [1.82, 2.24) is 0 Å². The van der Waals surface area contributed by atoms with Crippen molar-refractivity contribution in [3.8, 4) is 12.1 Å². The highest BCUT2D eigenvalue weighted by molar-refractivity contribution is 5.66. The SMILES string of the molecule is CCN1CCCc2cc(C=C(C#N)C#N)ccc21. The van der Waals surface area contributed by atoms with Crippen LogP contribution >= 0.6 is 0 Å². The number of hydrogen-bond acceptors (Lipinski definition) is 3. The van der Waals surface area contributed by atoms with E-state index in [1.807, 2.05) is 18.2 Å². The van der Waals surface area contributed by atoms with Crippen LogP contribution in [0.4, 0.5) is 5.69 Å². The second kappa shape index (κ2) is 5.38. The summed E-state index contributed by atoms with van der Waals surface area (Å²) in [5, 5.41) is 17.5. The van der Waals surface area contributed by atoms with Crippen LogP contribution in [0.1, 0.15) is 24.5 Å². The standard InChI is InChI=1S/C15H15N3/c1-2-18-7-3-4-14-9-12(5-6-15(14)18)8-13(10-16)11-17/h5-6,8-9H,2-4,7H2,1H3. The summed E-state index contributed by atoms with van der Waals surface area (Å²) < 4.78 is 0. The molecule has 3 heteroatoms. The van der Waals surface area contributed by atoms with E-state index in [9.17, 15) is 0 Å². The number of allylic oxidation sites excluding steroid dienone is 1. The molecule has 0 radical (unpaired) electrons. The fraction of sp³-hybridized carbons (Fsp3) is 0.333. The van der Waals surface area contributed by atoms with Gasteiger partial charge in [0.05, 0.1) is 0 Å². The Morgan fingerprint density at radius 2 is 2.17 bits per heavy atom. The Hall–Kier alpha value is -2.26. The van der Waals surface area contributed by atoms with Crippen molar-refractivity contribution in [2.75, 3.05) is 18.0 Å². The zero-order valence-electron chi connectivity index (χ0n) is 10.5. The van der Waals surface area contributed by atoms with E-state index in [0.717, 1.165) is 31.5 Å². The second-order valence-electron chi connectivity index (χ2n) is 4.35. The van der Waals surface area contributed by atoms with Crippen LogP contribution in [0.5, 0.6) is 0 Å². The van der Waals surface area contributed by atoms with E-state index in [0.29, 0.717) is 0 Å². The number of nitriles is 2. The minimum atomic E-state index is 0.151. The number of fused-ring (bicyclic) bond motifs is 1. The third kappa shape index (κ3) is 2.36. The lowest BCUT2D eigenvalue weighted by atomic mass is 9.98. The Kier molecular flexibility index (Phi) is 3.65. The quantitative estimate of drug-likeness (QED) is 0.743. The highest BCUT2D eigenvalue weighted by atomic mass is 15.1. The molecule has 0 atom stereocenters. The third-order valence-electron chi connectivity index (χ3n) is 3.25. The monoisotopic (exact) mass is 237 g/mol. The largest absolute Gasteiger partial charge is 0.372 e. The molecule has 1 heterocycles. The summed E-state index contributed by atoms with van der Waals surface area (Å²) >= 11 is 0. The fourth-order valence-electron chi connectivity index (χ4n) is 2.37. The van der Waals surface area contributed by atoms with Crippen molar-refractivity contribution < 1.29 is 0 Å². The molecular formula is C15H15N3. The predicted molar refractivity (Wildman–Crippen MR) is 71.9 cm³/mol. The van der Waals surface area contributed by atoms with Crippen molar-refractivity contribution in [1.29, 1.82) is 10.5 Å². The molecule has 2 rings (SSSR count). The van der Waals surface area contributed by atoms with Crippen molar-refractivity contribution >= 4 is 11.8 Å². The molecule has 0 saturated heterocycles. The zero-order chi connectivity index (χ0) is 13.0. The lowest BCUT2D eigenvalue weighted by molar-refractivity contribution is 0.707. The molecule has 0 N–H and O–H groups in total. The molecule has 90 valence electrons. The van der Waals surface area contributed by atoms with Gasteiger partial charge in [0.1, 0.15) is 17.7 Å². The van der Waals surface area contributed by atoms with Crippen LogP contribution in [0.2, 0.25) is 0 Å². The number of benzene rings is 1. The first-order chi connectivity index (χ1) is 8.78. The summed E-state index contributed by atoms with van der Waals surface area (Å²) in [5.74, 6) is 0. The van der Waals surface area contributed by atoms with E-state index >= 15 is 0 Å². The highest BCUT2D eigenvalue weighted by Gasteiger charge is 2.15. The molecule has 18 heavy (non-hydrogen) atoms. The molecule has 0 saturated carbocycles. The molecule has 0 bridgehead atoms. The van der Waals surface area contributed by atoms with Gasteiger partial charge in [-0.3, -0.25) is 0 Å². The smallest absolute Gasteiger partial charge is 0.130 e. The van der Waals surface area contributed by atoms with Crippen LogP contribution in [0.25, 0.3) is 6.08 Å². The molecule has 0 fully saturated rings. The maximum absolute atomic E-state index is 8.76. The Morgan fingerprint density at radius 3 is 2.83 bits per heavy atom. The molecular weight excluding hydrogens is 222 g/mol. The average Bonchev–Trinajstić information content (AvgIpc) is 2.43. The number of nitrogens with zero attached hydrogens (tertiary/aromatic N) is 3. The van der Waals surface area contributed by atoms with Gasteiger partial charge in [-0.1, -0.05) is 6.07 Å². The van der Waals surface area contributed by atoms with Gasteiger partial charge >= 0.3 is 0 Å². The van der Waals surface area contributed by atoms with Gasteiger partial charge in [-0.2, -0.15) is 10.5 Å². The van der Waals surface area contributed by atoms with Crippen LogP contribution in [-0.4, -0.2) is 13.1 Å². The molecule has 0 aliphatic carbocycles. The number of aryl methyl sites for hydroxylation is 1. The molecule has 0 aromatic heterocycles. The Bertz CT molecular complexity index is 542. The van der Waals surface area contributed by atoms with Crippen LogP contribution in [-0.2, 0) is 6.42 Å². The first kappa shape index (κ1) is 12.2. The normalized spacial score (nSPS) is 13.2. The van der Waals surface area contributed by atoms with Crippen molar-refractivity contribution in [2.24, 2.45) is 0 Å². The Balaban J connectivity index is 2.37. The summed E-state index contributed by atoms with van der Waals surface area (Å²) in [5.41, 5.74) is 3.69. The summed E-state index contributed by atoms with van der Waals surface area (Å²) in [7, 11) is 0. The first-order valence-electron chi connectivity index (χ1n) is 6.18. The molecule has 1 aliphatic heterocycles. The van der Waals surface area contributed by atoms with Crippen molar-refractivity contribution in [3.05, 3.63) is 34.9 Å². The van der Waals surface area contributed by atoms with E-state index in [2.05, 4.69) is 24.0 Å². The maximum Gasteiger partial charge on any atom is 0.130 e. The van der Waals surface area contributed by atoms with Gasteiger partial charge in [0.15, 0.2) is 0 Å². The van der Waals surface area contributed by atoms with Crippen LogP contribution < -0.4 is 4.90 Å². The first-order valence-corrected chi connectivity index (χ1v) is 6.18. The molecule has 1 aliphatic rings. The maximum atomic E-state index is 8.76. The van der Waals surface area contributed by atoms with Gasteiger partial charge in [0, 0.05) is 18.8 Å². The van der Waals surface area contributed by atoms with Gasteiger partial charge in [0.2, 0.25) is 0 Å². The average molecular weight is 237 g/mol. The van der Waals surface area contributed by atoms with Gasteiger partial charge in [-0.05, 0) is 49.1 Å². The lowest BCUT2D eigenvalue weighted by Gasteiger charge is -2.30. The van der Waals surface area contributed by atoms with E-state index in [1.165, 1.54) is 11.3 Å². The van der Waals surface area contributed by atoms with Gasteiger partial charge in [-0.15, -0.1) is 0 Å². The van der Waals surface area contributed by atoms with Crippen LogP contribution in [0.15, 0.2) is 23.8 Å². The van der Waals surface area contributed by atoms with Gasteiger partial charge in [-0.25, -0.2) is 0 Å². The summed E-state index contributed by atoms with van der Waals surface area (Å²) in [6.45, 7) is 4.29. The molecule has 1 aromatic carbocycles.